The van der Waals surface area contributed by atoms with Crippen molar-refractivity contribution in [1.82, 2.24) is 0 Å². The number of rotatable bonds is 4. The summed E-state index contributed by atoms with van der Waals surface area (Å²) in [5.41, 5.74) is 2.02. The molecule has 0 radical (unpaired) electrons. The molecular formula is C14H16N2O2. The van der Waals surface area contributed by atoms with Gasteiger partial charge in [0, 0.05) is 18.3 Å². The van der Waals surface area contributed by atoms with Crippen molar-refractivity contribution in [2.24, 2.45) is 0 Å². The summed E-state index contributed by atoms with van der Waals surface area (Å²) < 4.78 is 0. The van der Waals surface area contributed by atoms with E-state index in [9.17, 15) is 9.59 Å². The highest BCUT2D eigenvalue weighted by molar-refractivity contribution is 6.51. The van der Waals surface area contributed by atoms with Gasteiger partial charge < -0.3 is 10.2 Å². The molecule has 0 fully saturated rings. The Morgan fingerprint density at radius 2 is 2.11 bits per heavy atom. The maximum Gasteiger partial charge on any atom is 0.296 e. The fraction of sp³-hybridized carbons (Fsp3) is 0.286. The molecule has 0 spiro atoms. The van der Waals surface area contributed by atoms with E-state index < -0.39 is 11.7 Å². The summed E-state index contributed by atoms with van der Waals surface area (Å²) in [7, 11) is 0. The molecule has 0 aliphatic carbocycles. The highest BCUT2D eigenvalue weighted by Gasteiger charge is 2.28. The molecule has 1 amide bonds. The Balaban J connectivity index is 2.37. The highest BCUT2D eigenvalue weighted by Crippen LogP contribution is 2.29. The smallest absolute Gasteiger partial charge is 0.296 e. The fourth-order valence-electron chi connectivity index (χ4n) is 2.07. The minimum absolute atomic E-state index is 0.314. The summed E-state index contributed by atoms with van der Waals surface area (Å²) in [6.45, 7) is 8.63. The van der Waals surface area contributed by atoms with Crippen LogP contribution < -0.4 is 10.2 Å². The Bertz CT molecular complexity index is 521. The standard InChI is InChI=1S/C14H16N2O2/c1-4-7-16(9(2)3)10-5-6-11-12(8-10)15-14(18)13(11)17/h4-6,8-9H,1,7H2,2-3H3,(H,15,17,18). The molecule has 0 unspecified atom stereocenters. The molecule has 2 rings (SSSR count). The van der Waals surface area contributed by atoms with Crippen molar-refractivity contribution in [2.75, 3.05) is 16.8 Å². The van der Waals surface area contributed by atoms with E-state index in [4.69, 9.17) is 0 Å². The monoisotopic (exact) mass is 244 g/mol. The second kappa shape index (κ2) is 4.64. The van der Waals surface area contributed by atoms with Crippen LogP contribution in [0.3, 0.4) is 0 Å². The predicted octanol–water partition coefficient (Wildman–Crippen LogP) is 2.22. The number of carbonyl (C=O) groups is 2. The van der Waals surface area contributed by atoms with Crippen molar-refractivity contribution in [3.05, 3.63) is 36.4 Å². The lowest BCUT2D eigenvalue weighted by Crippen LogP contribution is -2.30. The van der Waals surface area contributed by atoms with E-state index in [0.717, 1.165) is 12.2 Å². The molecule has 4 heteroatoms. The van der Waals surface area contributed by atoms with Gasteiger partial charge in [-0.05, 0) is 32.0 Å². The van der Waals surface area contributed by atoms with Crippen LogP contribution in [-0.2, 0) is 4.79 Å². The Hall–Kier alpha value is -2.10. The zero-order valence-corrected chi connectivity index (χ0v) is 10.6. The van der Waals surface area contributed by atoms with Gasteiger partial charge >= 0.3 is 0 Å². The first-order valence-corrected chi connectivity index (χ1v) is 5.92. The quantitative estimate of drug-likeness (QED) is 0.652. The summed E-state index contributed by atoms with van der Waals surface area (Å²) in [5.74, 6) is -1.02. The van der Waals surface area contributed by atoms with Gasteiger partial charge in [0.05, 0.1) is 11.3 Å². The van der Waals surface area contributed by atoms with E-state index >= 15 is 0 Å². The van der Waals surface area contributed by atoms with Crippen LogP contribution in [0.5, 0.6) is 0 Å². The first-order valence-electron chi connectivity index (χ1n) is 5.92. The van der Waals surface area contributed by atoms with Crippen molar-refractivity contribution >= 4 is 23.1 Å². The number of carbonyl (C=O) groups excluding carboxylic acids is 2. The van der Waals surface area contributed by atoms with Gasteiger partial charge in [0.15, 0.2) is 0 Å². The number of amides is 1. The third-order valence-corrected chi connectivity index (χ3v) is 2.98. The maximum atomic E-state index is 11.5. The number of ketones is 1. The molecule has 1 N–H and O–H groups in total. The molecular weight excluding hydrogens is 228 g/mol. The second-order valence-electron chi connectivity index (χ2n) is 4.55. The Labute approximate surface area is 106 Å². The van der Waals surface area contributed by atoms with Crippen LogP contribution in [0.2, 0.25) is 0 Å². The number of nitrogens with one attached hydrogen (secondary N) is 1. The molecule has 0 saturated heterocycles. The number of hydrogen-bond acceptors (Lipinski definition) is 3. The molecule has 94 valence electrons. The number of anilines is 2. The van der Waals surface area contributed by atoms with E-state index in [1.54, 1.807) is 6.07 Å². The minimum Gasteiger partial charge on any atom is -0.365 e. The zero-order chi connectivity index (χ0) is 13.3. The number of benzene rings is 1. The molecule has 1 heterocycles. The lowest BCUT2D eigenvalue weighted by molar-refractivity contribution is -0.112. The number of fused-ring (bicyclic) bond motifs is 1. The number of hydrogen-bond donors (Lipinski definition) is 1. The van der Waals surface area contributed by atoms with Gasteiger partial charge in [-0.1, -0.05) is 6.08 Å². The predicted molar refractivity (Wildman–Crippen MR) is 72.1 cm³/mol. The molecule has 1 aliphatic heterocycles. The molecule has 1 aromatic carbocycles. The van der Waals surface area contributed by atoms with Gasteiger partial charge in [-0.3, -0.25) is 9.59 Å². The van der Waals surface area contributed by atoms with Crippen LogP contribution >= 0.6 is 0 Å². The number of Topliss-reactive ketones (excluding diaryl/α,β-unsaturated/α-hetero) is 1. The molecule has 0 aromatic heterocycles. The van der Waals surface area contributed by atoms with Crippen LogP contribution in [-0.4, -0.2) is 24.3 Å². The van der Waals surface area contributed by atoms with Crippen LogP contribution in [0.1, 0.15) is 24.2 Å². The van der Waals surface area contributed by atoms with Gasteiger partial charge in [0.1, 0.15) is 0 Å². The van der Waals surface area contributed by atoms with Crippen molar-refractivity contribution in [2.45, 2.75) is 19.9 Å². The fourth-order valence-corrected chi connectivity index (χ4v) is 2.07. The van der Waals surface area contributed by atoms with Gasteiger partial charge in [-0.2, -0.15) is 0 Å². The van der Waals surface area contributed by atoms with Crippen molar-refractivity contribution in [3.63, 3.8) is 0 Å². The van der Waals surface area contributed by atoms with E-state index in [2.05, 4.69) is 30.6 Å². The Kier molecular flexibility index (Phi) is 3.19. The lowest BCUT2D eigenvalue weighted by Gasteiger charge is -2.28. The zero-order valence-electron chi connectivity index (χ0n) is 10.6. The molecule has 18 heavy (non-hydrogen) atoms. The molecule has 0 bridgehead atoms. The first-order chi connectivity index (χ1) is 8.54. The topological polar surface area (TPSA) is 49.4 Å². The van der Waals surface area contributed by atoms with Crippen molar-refractivity contribution in [3.8, 4) is 0 Å². The van der Waals surface area contributed by atoms with Crippen LogP contribution in [0.4, 0.5) is 11.4 Å². The SMILES string of the molecule is C=CCN(c1ccc2c(c1)NC(=O)C2=O)C(C)C. The third-order valence-electron chi connectivity index (χ3n) is 2.98. The van der Waals surface area contributed by atoms with Gasteiger partial charge in [0.25, 0.3) is 11.7 Å². The summed E-state index contributed by atoms with van der Waals surface area (Å²) >= 11 is 0. The molecule has 4 nitrogen and oxygen atoms in total. The lowest BCUT2D eigenvalue weighted by atomic mass is 10.1. The van der Waals surface area contributed by atoms with E-state index in [0.29, 0.717) is 17.3 Å². The van der Waals surface area contributed by atoms with Crippen LogP contribution in [0.25, 0.3) is 0 Å². The van der Waals surface area contributed by atoms with Gasteiger partial charge in [-0.15, -0.1) is 6.58 Å². The number of nitrogens with zero attached hydrogens (tertiary/aromatic N) is 1. The van der Waals surface area contributed by atoms with Gasteiger partial charge in [0.2, 0.25) is 0 Å². The summed E-state index contributed by atoms with van der Waals surface area (Å²) in [5, 5.41) is 2.58. The molecule has 1 aromatic rings. The highest BCUT2D eigenvalue weighted by atomic mass is 16.2. The van der Waals surface area contributed by atoms with Crippen LogP contribution in [0, 0.1) is 0 Å². The third kappa shape index (κ3) is 2.01. The summed E-state index contributed by atoms with van der Waals surface area (Å²) in [6.07, 6.45) is 1.83. The van der Waals surface area contributed by atoms with Gasteiger partial charge in [-0.25, -0.2) is 0 Å². The largest absolute Gasteiger partial charge is 0.365 e. The normalized spacial score (nSPS) is 13.5. The molecule has 0 saturated carbocycles. The van der Waals surface area contributed by atoms with Crippen molar-refractivity contribution < 1.29 is 9.59 Å². The average Bonchev–Trinajstić information content (AvgIpc) is 2.61. The average molecular weight is 244 g/mol. The van der Waals surface area contributed by atoms with Crippen LogP contribution in [0.15, 0.2) is 30.9 Å². The van der Waals surface area contributed by atoms with E-state index in [1.807, 2.05) is 18.2 Å². The second-order valence-corrected chi connectivity index (χ2v) is 4.55. The summed E-state index contributed by atoms with van der Waals surface area (Å²) in [4.78, 5) is 24.9. The van der Waals surface area contributed by atoms with E-state index in [-0.39, 0.29) is 0 Å². The Morgan fingerprint density at radius 3 is 2.72 bits per heavy atom. The van der Waals surface area contributed by atoms with E-state index in [1.165, 1.54) is 0 Å². The van der Waals surface area contributed by atoms with Crippen molar-refractivity contribution in [1.29, 1.82) is 0 Å². The summed E-state index contributed by atoms with van der Waals surface area (Å²) in [6, 6.07) is 5.71. The minimum atomic E-state index is -0.554. The maximum absolute atomic E-state index is 11.5. The molecule has 1 aliphatic rings. The Morgan fingerprint density at radius 1 is 1.39 bits per heavy atom. The molecule has 0 atom stereocenters. The first kappa shape index (κ1) is 12.4.